The van der Waals surface area contributed by atoms with Crippen LogP contribution in [0, 0.1) is 6.92 Å². The number of carboxylic acid groups (broad SMARTS) is 1. The first-order chi connectivity index (χ1) is 12.4. The molecule has 9 heteroatoms. The molecule has 0 atom stereocenters. The number of aliphatic carboxylic acids is 1. The minimum Gasteiger partial charge on any atom is -0.548 e. The Morgan fingerprint density at radius 2 is 1.89 bits per heavy atom. The van der Waals surface area contributed by atoms with Crippen LogP contribution < -0.4 is 44.7 Å². The van der Waals surface area contributed by atoms with E-state index in [1.54, 1.807) is 36.4 Å². The van der Waals surface area contributed by atoms with Gasteiger partial charge in [0.15, 0.2) is 0 Å². The Morgan fingerprint density at radius 3 is 2.48 bits per heavy atom. The van der Waals surface area contributed by atoms with Gasteiger partial charge in [-0.2, -0.15) is 0 Å². The number of aryl methyl sites for hydroxylation is 1. The van der Waals surface area contributed by atoms with E-state index in [2.05, 4.69) is 15.7 Å². The van der Waals surface area contributed by atoms with Crippen LogP contribution >= 0.6 is 0 Å². The molecule has 2 rings (SSSR count). The number of hydrogen-bond donors (Lipinski definition) is 1. The van der Waals surface area contributed by atoms with Crippen molar-refractivity contribution in [2.75, 3.05) is 26.0 Å². The molecule has 0 aliphatic rings. The fourth-order valence-electron chi connectivity index (χ4n) is 2.20. The van der Waals surface area contributed by atoms with E-state index >= 15 is 0 Å². The number of rotatable bonds is 7. The second-order valence-electron chi connectivity index (χ2n) is 5.54. The van der Waals surface area contributed by atoms with Crippen molar-refractivity contribution < 1.29 is 49.0 Å². The second kappa shape index (κ2) is 10.7. The number of ether oxygens (including phenoxy) is 1. The summed E-state index contributed by atoms with van der Waals surface area (Å²) in [7, 11) is 2.98. The van der Waals surface area contributed by atoms with Gasteiger partial charge >= 0.3 is 29.6 Å². The van der Waals surface area contributed by atoms with Crippen LogP contribution in [0.4, 0.5) is 11.4 Å². The van der Waals surface area contributed by atoms with Crippen molar-refractivity contribution in [3.8, 4) is 5.75 Å². The van der Waals surface area contributed by atoms with Crippen molar-refractivity contribution >= 4 is 23.3 Å². The molecule has 0 aliphatic carbocycles. The van der Waals surface area contributed by atoms with E-state index in [1.807, 2.05) is 13.0 Å². The standard InChI is InChI=1S/C18H20N4O4.Na/c1-12-9-15(20-21-22(2)11-17(23)24)14(10-16(12)26-3)19-18(25)13-7-5-4-6-8-13;/h4-10H,11H2,1-3H3,(H,19,25)(H,23,24);/q;+1/p-1. The third-order valence-corrected chi connectivity index (χ3v) is 3.46. The molecular formula is C18H19N4NaO4. The first-order valence-electron chi connectivity index (χ1n) is 7.78. The van der Waals surface area contributed by atoms with Gasteiger partial charge in [-0.25, -0.2) is 0 Å². The second-order valence-corrected chi connectivity index (χ2v) is 5.54. The Balaban J connectivity index is 0.00000364. The third kappa shape index (κ3) is 6.67. The van der Waals surface area contributed by atoms with Crippen molar-refractivity contribution in [1.82, 2.24) is 5.01 Å². The molecular weight excluding hydrogens is 359 g/mol. The summed E-state index contributed by atoms with van der Waals surface area (Å²) < 4.78 is 5.29. The van der Waals surface area contributed by atoms with Gasteiger partial charge in [-0.3, -0.25) is 9.80 Å². The normalized spacial score (nSPS) is 10.2. The maximum absolute atomic E-state index is 12.4. The topological polar surface area (TPSA) is 106 Å². The van der Waals surface area contributed by atoms with Crippen LogP contribution in [-0.2, 0) is 4.79 Å². The number of benzene rings is 2. The van der Waals surface area contributed by atoms with Gasteiger partial charge in [-0.05, 0) is 30.7 Å². The van der Waals surface area contributed by atoms with Crippen molar-refractivity contribution in [2.45, 2.75) is 6.92 Å². The number of likely N-dealkylation sites (N-methyl/N-ethyl adjacent to an activating group) is 1. The largest absolute Gasteiger partial charge is 1.00 e. The Bertz CT molecular complexity index is 828. The van der Waals surface area contributed by atoms with E-state index in [0.29, 0.717) is 22.7 Å². The molecule has 136 valence electrons. The predicted molar refractivity (Wildman–Crippen MR) is 94.3 cm³/mol. The van der Waals surface area contributed by atoms with Gasteiger partial charge in [0.25, 0.3) is 5.91 Å². The summed E-state index contributed by atoms with van der Waals surface area (Å²) in [5.74, 6) is -0.999. The summed E-state index contributed by atoms with van der Waals surface area (Å²) in [6.45, 7) is 1.43. The summed E-state index contributed by atoms with van der Waals surface area (Å²) in [5, 5.41) is 22.3. The van der Waals surface area contributed by atoms with E-state index in [4.69, 9.17) is 4.74 Å². The molecule has 0 heterocycles. The molecule has 0 fully saturated rings. The number of nitrogens with zero attached hydrogens (tertiary/aromatic N) is 3. The van der Waals surface area contributed by atoms with Crippen LogP contribution in [0.15, 0.2) is 52.8 Å². The molecule has 8 nitrogen and oxygen atoms in total. The first-order valence-corrected chi connectivity index (χ1v) is 7.78. The van der Waals surface area contributed by atoms with E-state index in [1.165, 1.54) is 14.2 Å². The molecule has 0 aromatic heterocycles. The summed E-state index contributed by atoms with van der Waals surface area (Å²) in [5.41, 5.74) is 2.05. The first kappa shape index (κ1) is 22.6. The zero-order chi connectivity index (χ0) is 19.1. The van der Waals surface area contributed by atoms with Crippen molar-refractivity contribution in [1.29, 1.82) is 0 Å². The molecule has 0 spiro atoms. The van der Waals surface area contributed by atoms with E-state index in [9.17, 15) is 14.7 Å². The Hall–Kier alpha value is -2.42. The number of anilines is 1. The fourth-order valence-corrected chi connectivity index (χ4v) is 2.20. The number of hydrogen-bond acceptors (Lipinski definition) is 6. The summed E-state index contributed by atoms with van der Waals surface area (Å²) >= 11 is 0. The molecule has 0 radical (unpaired) electrons. The Labute approximate surface area is 179 Å². The molecule has 0 saturated carbocycles. The molecule has 2 aromatic carbocycles. The number of amides is 1. The monoisotopic (exact) mass is 378 g/mol. The molecule has 0 saturated heterocycles. The number of carbonyl (C=O) groups is 2. The van der Waals surface area contributed by atoms with Crippen LogP contribution in [0.25, 0.3) is 0 Å². The molecule has 1 amide bonds. The van der Waals surface area contributed by atoms with Gasteiger partial charge in [-0.15, -0.1) is 5.11 Å². The predicted octanol–water partition coefficient (Wildman–Crippen LogP) is -1.06. The number of carbonyl (C=O) groups excluding carboxylic acids is 2. The van der Waals surface area contributed by atoms with Gasteiger partial charge in [0.1, 0.15) is 11.4 Å². The number of methoxy groups -OCH3 is 1. The quantitative estimate of drug-likeness (QED) is 0.376. The van der Waals surface area contributed by atoms with Crippen LogP contribution in [0.1, 0.15) is 15.9 Å². The van der Waals surface area contributed by atoms with Crippen LogP contribution in [0.3, 0.4) is 0 Å². The van der Waals surface area contributed by atoms with Crippen LogP contribution in [0.2, 0.25) is 0 Å². The Kier molecular flexibility index (Phi) is 8.93. The van der Waals surface area contributed by atoms with Gasteiger partial charge < -0.3 is 20.0 Å². The SMILES string of the molecule is COc1cc(NC(=O)c2ccccc2)c(N=NN(C)CC(=O)[O-])cc1C.[Na+]. The summed E-state index contributed by atoms with van der Waals surface area (Å²) in [4.78, 5) is 23.0. The average molecular weight is 378 g/mol. The van der Waals surface area contributed by atoms with Gasteiger partial charge in [-0.1, -0.05) is 23.4 Å². The fraction of sp³-hybridized carbons (Fsp3) is 0.222. The third-order valence-electron chi connectivity index (χ3n) is 3.46. The zero-order valence-electron chi connectivity index (χ0n) is 15.7. The minimum atomic E-state index is -1.27. The van der Waals surface area contributed by atoms with Gasteiger partial charge in [0, 0.05) is 18.7 Å². The molecule has 0 aliphatic heterocycles. The number of nitrogens with one attached hydrogen (secondary N) is 1. The molecule has 27 heavy (non-hydrogen) atoms. The van der Waals surface area contributed by atoms with Crippen molar-refractivity contribution in [2.24, 2.45) is 10.3 Å². The van der Waals surface area contributed by atoms with Crippen LogP contribution in [0.5, 0.6) is 5.75 Å². The maximum atomic E-state index is 12.4. The molecule has 2 aromatic rings. The zero-order valence-corrected chi connectivity index (χ0v) is 17.7. The molecule has 0 unspecified atom stereocenters. The van der Waals surface area contributed by atoms with Crippen molar-refractivity contribution in [3.05, 3.63) is 53.6 Å². The van der Waals surface area contributed by atoms with Crippen LogP contribution in [-0.4, -0.2) is 37.6 Å². The Morgan fingerprint density at radius 1 is 1.22 bits per heavy atom. The van der Waals surface area contributed by atoms with Gasteiger partial charge in [0.2, 0.25) is 0 Å². The average Bonchev–Trinajstić information content (AvgIpc) is 2.61. The summed E-state index contributed by atoms with van der Waals surface area (Å²) in [6, 6.07) is 12.1. The summed E-state index contributed by atoms with van der Waals surface area (Å²) in [6.07, 6.45) is 0. The minimum absolute atomic E-state index is 0. The molecule has 0 bridgehead atoms. The van der Waals surface area contributed by atoms with E-state index in [0.717, 1.165) is 10.6 Å². The maximum Gasteiger partial charge on any atom is 1.00 e. The molecule has 1 N–H and O–H groups in total. The smallest absolute Gasteiger partial charge is 0.548 e. The van der Waals surface area contributed by atoms with Gasteiger partial charge in [0.05, 0.1) is 25.3 Å². The van der Waals surface area contributed by atoms with Crippen molar-refractivity contribution in [3.63, 3.8) is 0 Å². The number of carboxylic acids is 1. The van der Waals surface area contributed by atoms with E-state index < -0.39 is 12.5 Å². The van der Waals surface area contributed by atoms with E-state index in [-0.39, 0.29) is 35.5 Å².